The molecule has 0 saturated heterocycles. The number of halogens is 2. The Morgan fingerprint density at radius 3 is 2.90 bits per heavy atom. The number of nitrogens with zero attached hydrogens (tertiary/aromatic N) is 1. The Bertz CT molecular complexity index is 696. The van der Waals surface area contributed by atoms with E-state index in [2.05, 4.69) is 11.4 Å². The summed E-state index contributed by atoms with van der Waals surface area (Å²) in [6.45, 7) is 0.444. The number of nitrogens with one attached hydrogen (secondary N) is 1. The number of fused-ring (bicyclic) bond motifs is 1. The standard InChI is InChI=1S/C14H12ClFN2O2S/c15-10-5-13(18(19)20)12(6-11(10)16)17-7-9-4-8-2-1-3-14(8)21-9/h4-6,17H,1-3,7H2. The first kappa shape index (κ1) is 14.3. The van der Waals surface area contributed by atoms with Gasteiger partial charge in [0.15, 0.2) is 0 Å². The number of thiophene rings is 1. The third-order valence-electron chi connectivity index (χ3n) is 3.49. The molecule has 1 aliphatic carbocycles. The van der Waals surface area contributed by atoms with E-state index in [0.717, 1.165) is 29.9 Å². The van der Waals surface area contributed by atoms with Gasteiger partial charge in [0.1, 0.15) is 11.5 Å². The van der Waals surface area contributed by atoms with Crippen molar-refractivity contribution in [1.29, 1.82) is 0 Å². The van der Waals surface area contributed by atoms with Crippen LogP contribution in [0.3, 0.4) is 0 Å². The fourth-order valence-electron chi connectivity index (χ4n) is 2.49. The van der Waals surface area contributed by atoms with Crippen molar-refractivity contribution >= 4 is 34.3 Å². The van der Waals surface area contributed by atoms with Crippen molar-refractivity contribution in [3.05, 3.63) is 54.5 Å². The predicted octanol–water partition coefficient (Wildman–Crippen LogP) is 4.55. The second-order valence-electron chi connectivity index (χ2n) is 4.91. The van der Waals surface area contributed by atoms with Crippen LogP contribution in [-0.2, 0) is 19.4 Å². The summed E-state index contributed by atoms with van der Waals surface area (Å²) in [6.07, 6.45) is 3.40. The van der Waals surface area contributed by atoms with Gasteiger partial charge in [-0.25, -0.2) is 4.39 Å². The van der Waals surface area contributed by atoms with E-state index in [1.165, 1.54) is 16.9 Å². The molecular weight excluding hydrogens is 315 g/mol. The van der Waals surface area contributed by atoms with E-state index >= 15 is 0 Å². The van der Waals surface area contributed by atoms with Crippen LogP contribution in [0.25, 0.3) is 0 Å². The van der Waals surface area contributed by atoms with Crippen LogP contribution in [0.1, 0.15) is 21.7 Å². The minimum Gasteiger partial charge on any atom is -0.375 e. The fourth-order valence-corrected chi connectivity index (χ4v) is 3.85. The van der Waals surface area contributed by atoms with Crippen molar-refractivity contribution < 1.29 is 9.31 Å². The van der Waals surface area contributed by atoms with Gasteiger partial charge in [-0.2, -0.15) is 0 Å². The smallest absolute Gasteiger partial charge is 0.294 e. The zero-order valence-electron chi connectivity index (χ0n) is 11.0. The van der Waals surface area contributed by atoms with Gasteiger partial charge < -0.3 is 5.32 Å². The molecule has 0 unspecified atom stereocenters. The molecule has 0 amide bonds. The van der Waals surface area contributed by atoms with Crippen LogP contribution < -0.4 is 5.32 Å². The van der Waals surface area contributed by atoms with Crippen molar-refractivity contribution in [1.82, 2.24) is 0 Å². The average Bonchev–Trinajstić information content (AvgIpc) is 3.00. The number of rotatable bonds is 4. The van der Waals surface area contributed by atoms with E-state index in [4.69, 9.17) is 11.6 Å². The molecule has 0 bridgehead atoms. The molecule has 1 N–H and O–H groups in total. The van der Waals surface area contributed by atoms with E-state index in [9.17, 15) is 14.5 Å². The topological polar surface area (TPSA) is 55.2 Å². The summed E-state index contributed by atoms with van der Waals surface area (Å²) in [5.41, 5.74) is 1.30. The molecule has 0 radical (unpaired) electrons. The molecule has 0 saturated carbocycles. The first-order chi connectivity index (χ1) is 10.0. The number of anilines is 1. The zero-order valence-corrected chi connectivity index (χ0v) is 12.6. The molecule has 0 fully saturated rings. The van der Waals surface area contributed by atoms with Gasteiger partial charge in [0.25, 0.3) is 5.69 Å². The Kier molecular flexibility index (Phi) is 3.82. The molecule has 0 aliphatic heterocycles. The predicted molar refractivity (Wildman–Crippen MR) is 81.7 cm³/mol. The number of hydrogen-bond donors (Lipinski definition) is 1. The van der Waals surface area contributed by atoms with Crippen molar-refractivity contribution in [3.8, 4) is 0 Å². The number of aryl methyl sites for hydroxylation is 2. The summed E-state index contributed by atoms with van der Waals surface area (Å²) in [4.78, 5) is 12.9. The van der Waals surface area contributed by atoms with Crippen molar-refractivity contribution in [2.75, 3.05) is 5.32 Å². The summed E-state index contributed by atoms with van der Waals surface area (Å²) in [7, 11) is 0. The van der Waals surface area contributed by atoms with Crippen molar-refractivity contribution in [2.24, 2.45) is 0 Å². The summed E-state index contributed by atoms with van der Waals surface area (Å²) in [5, 5.41) is 13.7. The second kappa shape index (κ2) is 5.61. The molecule has 1 aliphatic rings. The minimum absolute atomic E-state index is 0.149. The fraction of sp³-hybridized carbons (Fsp3) is 0.286. The van der Waals surface area contributed by atoms with Gasteiger partial charge in [0.05, 0.1) is 9.95 Å². The summed E-state index contributed by atoms with van der Waals surface area (Å²) in [5.74, 6) is -0.668. The van der Waals surface area contributed by atoms with Gasteiger partial charge in [0.2, 0.25) is 0 Å². The maximum Gasteiger partial charge on any atom is 0.294 e. The summed E-state index contributed by atoms with van der Waals surface area (Å²) in [6, 6.07) is 4.23. The SMILES string of the molecule is O=[N+]([O-])c1cc(Cl)c(F)cc1NCc1cc2c(s1)CCC2. The molecule has 0 spiro atoms. The Labute approximate surface area is 129 Å². The molecule has 0 atom stereocenters. The molecule has 21 heavy (non-hydrogen) atoms. The van der Waals surface area contributed by atoms with Crippen LogP contribution in [0.4, 0.5) is 15.8 Å². The quantitative estimate of drug-likeness (QED) is 0.662. The average molecular weight is 327 g/mol. The van der Waals surface area contributed by atoms with E-state index in [-0.39, 0.29) is 16.4 Å². The van der Waals surface area contributed by atoms with Gasteiger partial charge in [0, 0.05) is 28.4 Å². The molecule has 3 rings (SSSR count). The lowest BCUT2D eigenvalue weighted by Gasteiger charge is -2.07. The zero-order chi connectivity index (χ0) is 15.0. The highest BCUT2D eigenvalue weighted by Crippen LogP contribution is 2.33. The first-order valence-corrected chi connectivity index (χ1v) is 7.72. The van der Waals surface area contributed by atoms with E-state index in [0.29, 0.717) is 6.54 Å². The molecule has 2 aromatic rings. The molecular formula is C14H12ClFN2O2S. The lowest BCUT2D eigenvalue weighted by atomic mass is 10.2. The molecule has 4 nitrogen and oxygen atoms in total. The molecule has 1 heterocycles. The van der Waals surface area contributed by atoms with Crippen LogP contribution in [0.5, 0.6) is 0 Å². The monoisotopic (exact) mass is 326 g/mol. The summed E-state index contributed by atoms with van der Waals surface area (Å²) >= 11 is 7.30. The highest BCUT2D eigenvalue weighted by Gasteiger charge is 2.19. The third kappa shape index (κ3) is 2.87. The maximum absolute atomic E-state index is 13.5. The largest absolute Gasteiger partial charge is 0.375 e. The van der Waals surface area contributed by atoms with E-state index < -0.39 is 10.7 Å². The van der Waals surface area contributed by atoms with Crippen molar-refractivity contribution in [3.63, 3.8) is 0 Å². The van der Waals surface area contributed by atoms with Gasteiger partial charge in [-0.1, -0.05) is 11.6 Å². The number of benzene rings is 1. The molecule has 110 valence electrons. The van der Waals surface area contributed by atoms with Crippen LogP contribution in [-0.4, -0.2) is 4.92 Å². The van der Waals surface area contributed by atoms with E-state index in [1.54, 1.807) is 11.3 Å². The lowest BCUT2D eigenvalue weighted by Crippen LogP contribution is -2.02. The maximum atomic E-state index is 13.5. The number of hydrogen-bond acceptors (Lipinski definition) is 4. The van der Waals surface area contributed by atoms with Gasteiger partial charge in [-0.3, -0.25) is 10.1 Å². The summed E-state index contributed by atoms with van der Waals surface area (Å²) < 4.78 is 13.5. The third-order valence-corrected chi connectivity index (χ3v) is 5.01. The van der Waals surface area contributed by atoms with Crippen LogP contribution in [0, 0.1) is 15.9 Å². The normalized spacial score (nSPS) is 13.2. The molecule has 1 aromatic carbocycles. The Balaban J connectivity index is 1.80. The first-order valence-electron chi connectivity index (χ1n) is 6.52. The molecule has 7 heteroatoms. The van der Waals surface area contributed by atoms with Crippen LogP contribution in [0.2, 0.25) is 5.02 Å². The number of nitro groups is 1. The second-order valence-corrected chi connectivity index (χ2v) is 6.54. The highest BCUT2D eigenvalue weighted by molar-refractivity contribution is 7.12. The van der Waals surface area contributed by atoms with Gasteiger partial charge in [-0.15, -0.1) is 11.3 Å². The van der Waals surface area contributed by atoms with Crippen molar-refractivity contribution in [2.45, 2.75) is 25.8 Å². The van der Waals surface area contributed by atoms with Crippen LogP contribution in [0.15, 0.2) is 18.2 Å². The molecule has 1 aromatic heterocycles. The van der Waals surface area contributed by atoms with E-state index in [1.807, 2.05) is 0 Å². The Hall–Kier alpha value is -1.66. The Morgan fingerprint density at radius 2 is 2.19 bits per heavy atom. The van der Waals surface area contributed by atoms with Gasteiger partial charge >= 0.3 is 0 Å². The van der Waals surface area contributed by atoms with Gasteiger partial charge in [-0.05, 0) is 30.9 Å². The minimum atomic E-state index is -0.668. The lowest BCUT2D eigenvalue weighted by molar-refractivity contribution is -0.384. The highest BCUT2D eigenvalue weighted by atomic mass is 35.5. The Morgan fingerprint density at radius 1 is 1.38 bits per heavy atom. The van der Waals surface area contributed by atoms with Crippen LogP contribution >= 0.6 is 22.9 Å². The number of nitro benzene ring substituents is 1.